The highest BCUT2D eigenvalue weighted by Gasteiger charge is 2.55. The summed E-state index contributed by atoms with van der Waals surface area (Å²) in [6, 6.07) is 1.01. The molecule has 2 atom stereocenters. The smallest absolute Gasteiger partial charge is 0.472 e. The maximum atomic E-state index is 12.8. The number of likely N-dealkylation sites (N-methyl/N-ethyl adjacent to an activating group) is 1. The average Bonchev–Trinajstić information content (AvgIpc) is 2.91. The second-order valence-corrected chi connectivity index (χ2v) is 23.0. The summed E-state index contributed by atoms with van der Waals surface area (Å²) < 4.78 is 37.3. The number of phosphoric ester groups is 1. The first kappa shape index (κ1) is 44.8. The molecule has 0 aliphatic carbocycles. The Balaban J connectivity index is 5.06. The minimum atomic E-state index is -4.22. The fourth-order valence-electron chi connectivity index (χ4n) is 6.16. The summed E-state index contributed by atoms with van der Waals surface area (Å²) in [6.07, 6.45) is 22.7. The molecule has 0 aromatic carbocycles. The molecule has 0 aliphatic heterocycles. The van der Waals surface area contributed by atoms with Crippen LogP contribution in [-0.2, 0) is 22.8 Å². The number of hydrogen-bond acceptors (Lipinski definition) is 5. The molecule has 0 aliphatic rings. The number of allylic oxidation sites excluding steroid dienone is 1. The Kier molecular flexibility index (Phi) is 23.1. The molecule has 0 spiro atoms. The molecule has 0 bridgehead atoms. The maximum Gasteiger partial charge on any atom is 0.472 e. The summed E-state index contributed by atoms with van der Waals surface area (Å²) in [5.41, 5.74) is 0. The summed E-state index contributed by atoms with van der Waals surface area (Å²) in [5, 5.41) is -0.0969. The van der Waals surface area contributed by atoms with Gasteiger partial charge in [0, 0.05) is 0 Å². The zero-order valence-electron chi connectivity index (χ0n) is 31.8. The number of unbranched alkanes of at least 4 members (excludes halogenated alkanes) is 13. The van der Waals surface area contributed by atoms with Gasteiger partial charge in [-0.2, -0.15) is 0 Å². The van der Waals surface area contributed by atoms with E-state index >= 15 is 0 Å². The second kappa shape index (κ2) is 23.2. The van der Waals surface area contributed by atoms with Gasteiger partial charge in [0.15, 0.2) is 0 Å². The number of quaternary nitrogens is 1. The SMILES string of the molecule is CCCCCCCCCCCCCC/C=C\OCC(COP(=O)(O)OCC[N+](C)(C)C)O[Si](CCCC)(C(C)(C)C)C(C)(C)C. The van der Waals surface area contributed by atoms with Gasteiger partial charge in [-0.1, -0.05) is 139 Å². The largest absolute Gasteiger partial charge is 0.499 e. The Hall–Kier alpha value is -0.213. The van der Waals surface area contributed by atoms with E-state index < -0.39 is 22.2 Å². The lowest BCUT2D eigenvalue weighted by atomic mass is 10.0. The average molecular weight is 679 g/mol. The molecule has 0 aromatic rings. The van der Waals surface area contributed by atoms with E-state index in [1.54, 1.807) is 6.26 Å². The molecule has 0 heterocycles. The van der Waals surface area contributed by atoms with Crippen molar-refractivity contribution in [1.82, 2.24) is 0 Å². The van der Waals surface area contributed by atoms with Crippen molar-refractivity contribution in [2.75, 3.05) is 47.5 Å². The Labute approximate surface area is 281 Å². The normalized spacial score (nSPS) is 15.5. The van der Waals surface area contributed by atoms with Crippen LogP contribution in [0.15, 0.2) is 12.3 Å². The number of hydrogen-bond donors (Lipinski definition) is 1. The predicted molar refractivity (Wildman–Crippen MR) is 195 cm³/mol. The highest BCUT2D eigenvalue weighted by atomic mass is 31.2. The van der Waals surface area contributed by atoms with Gasteiger partial charge in [0.1, 0.15) is 25.9 Å². The van der Waals surface area contributed by atoms with Crippen LogP contribution in [0.4, 0.5) is 0 Å². The molecule has 0 rings (SSSR count). The molecule has 0 fully saturated rings. The summed E-state index contributed by atoms with van der Waals surface area (Å²) in [6.45, 7) is 19.1. The van der Waals surface area contributed by atoms with Crippen molar-refractivity contribution >= 4 is 16.1 Å². The zero-order chi connectivity index (χ0) is 34.5. The van der Waals surface area contributed by atoms with Gasteiger partial charge < -0.3 is 18.5 Å². The molecule has 7 nitrogen and oxygen atoms in total. The van der Waals surface area contributed by atoms with E-state index in [1.165, 1.54) is 77.0 Å². The minimum Gasteiger partial charge on any atom is -0.499 e. The molecule has 270 valence electrons. The lowest BCUT2D eigenvalue weighted by Gasteiger charge is -2.52. The predicted octanol–water partition coefficient (Wildman–Crippen LogP) is 11.2. The van der Waals surface area contributed by atoms with Crippen molar-refractivity contribution in [2.45, 2.75) is 174 Å². The summed E-state index contributed by atoms with van der Waals surface area (Å²) in [5.74, 6) is 0. The number of ether oxygens (including phenoxy) is 1. The summed E-state index contributed by atoms with van der Waals surface area (Å²) >= 11 is 0. The molecule has 0 radical (unpaired) electrons. The van der Waals surface area contributed by atoms with Crippen molar-refractivity contribution in [3.8, 4) is 0 Å². The molecular formula is C36H77NO6PSi+. The van der Waals surface area contributed by atoms with Gasteiger partial charge in [-0.3, -0.25) is 9.05 Å². The van der Waals surface area contributed by atoms with E-state index in [0.717, 1.165) is 25.3 Å². The van der Waals surface area contributed by atoms with Gasteiger partial charge in [0.25, 0.3) is 0 Å². The first-order chi connectivity index (χ1) is 20.9. The van der Waals surface area contributed by atoms with Crippen molar-refractivity contribution in [2.24, 2.45) is 0 Å². The molecule has 0 saturated carbocycles. The van der Waals surface area contributed by atoms with E-state index in [2.05, 4.69) is 61.5 Å². The van der Waals surface area contributed by atoms with E-state index in [1.807, 2.05) is 21.1 Å². The van der Waals surface area contributed by atoms with E-state index in [9.17, 15) is 9.46 Å². The quantitative estimate of drug-likeness (QED) is 0.0292. The van der Waals surface area contributed by atoms with Crippen LogP contribution in [0.25, 0.3) is 0 Å². The highest BCUT2D eigenvalue weighted by molar-refractivity contribution is 7.47. The van der Waals surface area contributed by atoms with Crippen LogP contribution in [0.3, 0.4) is 0 Å². The van der Waals surface area contributed by atoms with Crippen LogP contribution in [0.1, 0.15) is 152 Å². The van der Waals surface area contributed by atoms with Crippen molar-refractivity contribution in [3.05, 3.63) is 12.3 Å². The van der Waals surface area contributed by atoms with Gasteiger partial charge >= 0.3 is 7.82 Å². The summed E-state index contributed by atoms with van der Waals surface area (Å²) in [7, 11) is -0.625. The Morgan fingerprint density at radius 2 is 1.22 bits per heavy atom. The van der Waals surface area contributed by atoms with Crippen molar-refractivity contribution in [3.63, 3.8) is 0 Å². The second-order valence-electron chi connectivity index (χ2n) is 16.2. The van der Waals surface area contributed by atoms with Gasteiger partial charge in [0.05, 0.1) is 34.0 Å². The van der Waals surface area contributed by atoms with E-state index in [-0.39, 0.29) is 29.9 Å². The van der Waals surface area contributed by atoms with Gasteiger partial charge in [-0.15, -0.1) is 0 Å². The Morgan fingerprint density at radius 1 is 0.733 bits per heavy atom. The lowest BCUT2D eigenvalue weighted by Crippen LogP contribution is -2.57. The third-order valence-electron chi connectivity index (χ3n) is 8.81. The third-order valence-corrected chi connectivity index (χ3v) is 16.4. The molecule has 0 amide bonds. The topological polar surface area (TPSA) is 74.2 Å². The molecule has 2 unspecified atom stereocenters. The molecule has 45 heavy (non-hydrogen) atoms. The molecule has 9 heteroatoms. The number of nitrogens with zero attached hydrogens (tertiary/aromatic N) is 1. The van der Waals surface area contributed by atoms with Crippen LogP contribution in [0, 0.1) is 0 Å². The van der Waals surface area contributed by atoms with Crippen LogP contribution < -0.4 is 0 Å². The maximum absolute atomic E-state index is 12.8. The number of phosphoric acid groups is 1. The lowest BCUT2D eigenvalue weighted by molar-refractivity contribution is -0.870. The number of rotatable bonds is 28. The Morgan fingerprint density at radius 3 is 1.69 bits per heavy atom. The molecule has 1 N–H and O–H groups in total. The fraction of sp³-hybridized carbons (Fsp3) is 0.944. The van der Waals surface area contributed by atoms with Gasteiger partial charge in [-0.25, -0.2) is 4.57 Å². The van der Waals surface area contributed by atoms with E-state index in [4.69, 9.17) is 18.2 Å². The first-order valence-corrected chi connectivity index (χ1v) is 21.9. The standard InChI is InChI=1S/C36H76NO6PSi/c1-12-14-16-17-18-19-20-21-22-23-24-25-26-27-29-40-32-34(33-42-44(38,39)41-30-28-37(9,10)11)43-45(31-15-13-2,35(3,4)5)36(6,7)8/h27,29,34H,12-26,28,30-33H2,1-11H3/p+1/b29-27-. The first-order valence-electron chi connectivity index (χ1n) is 18.3. The third kappa shape index (κ3) is 21.4. The minimum absolute atomic E-state index is 0.0484. The van der Waals surface area contributed by atoms with Crippen LogP contribution >= 0.6 is 7.82 Å². The molecule has 0 aromatic heterocycles. The van der Waals surface area contributed by atoms with Crippen LogP contribution in [0.2, 0.25) is 16.1 Å². The van der Waals surface area contributed by atoms with Crippen molar-refractivity contribution in [1.29, 1.82) is 0 Å². The van der Waals surface area contributed by atoms with Crippen LogP contribution in [-0.4, -0.2) is 71.3 Å². The fourth-order valence-corrected chi connectivity index (χ4v) is 13.0. The highest BCUT2D eigenvalue weighted by Crippen LogP contribution is 2.55. The summed E-state index contributed by atoms with van der Waals surface area (Å²) in [4.78, 5) is 10.4. The molecular weight excluding hydrogens is 601 g/mol. The van der Waals surface area contributed by atoms with Gasteiger partial charge in [-0.05, 0) is 35.0 Å². The Bertz CT molecular complexity index is 789. The van der Waals surface area contributed by atoms with E-state index in [0.29, 0.717) is 11.0 Å². The molecule has 0 saturated heterocycles. The van der Waals surface area contributed by atoms with Crippen molar-refractivity contribution < 1.29 is 32.2 Å². The zero-order valence-corrected chi connectivity index (χ0v) is 33.7. The van der Waals surface area contributed by atoms with Gasteiger partial charge in [0.2, 0.25) is 8.32 Å². The monoisotopic (exact) mass is 679 g/mol. The van der Waals surface area contributed by atoms with Crippen LogP contribution in [0.5, 0.6) is 0 Å².